The molecule has 1 fully saturated rings. The van der Waals surface area contributed by atoms with Gasteiger partial charge in [0.15, 0.2) is 0 Å². The Morgan fingerprint density at radius 1 is 1.31 bits per heavy atom. The van der Waals surface area contributed by atoms with E-state index in [-0.39, 0.29) is 6.17 Å². The van der Waals surface area contributed by atoms with Gasteiger partial charge in [-0.05, 0) is 19.3 Å². The molecule has 4 N–H and O–H groups in total. The summed E-state index contributed by atoms with van der Waals surface area (Å²) in [4.78, 5) is 0. The summed E-state index contributed by atoms with van der Waals surface area (Å²) in [7, 11) is -1.77. The van der Waals surface area contributed by atoms with Crippen molar-refractivity contribution in [2.45, 2.75) is 32.4 Å². The second kappa shape index (κ2) is 8.53. The van der Waals surface area contributed by atoms with Crippen LogP contribution < -0.4 is 11.5 Å². The first-order valence-electron chi connectivity index (χ1n) is 4.41. The molecule has 0 aromatic rings. The summed E-state index contributed by atoms with van der Waals surface area (Å²) in [6.07, 6.45) is 2.66. The van der Waals surface area contributed by atoms with Crippen LogP contribution in [-0.4, -0.2) is 19.4 Å². The number of rotatable bonds is 1. The van der Waals surface area contributed by atoms with E-state index >= 15 is 0 Å². The molecule has 5 nitrogen and oxygen atoms in total. The molecule has 0 aliphatic carbocycles. The molecule has 0 aromatic heterocycles. The zero-order valence-electron chi connectivity index (χ0n) is 7.94. The van der Waals surface area contributed by atoms with Crippen molar-refractivity contribution in [3.05, 3.63) is 0 Å². The van der Waals surface area contributed by atoms with Crippen LogP contribution in [-0.2, 0) is 13.6 Å². The fourth-order valence-electron chi connectivity index (χ4n) is 0.520. The first kappa shape index (κ1) is 12.9. The molecule has 6 heteroatoms. The number of nitrogens with two attached hydrogens (primary N) is 2. The minimum Gasteiger partial charge on any atom is -0.316 e. The summed E-state index contributed by atoms with van der Waals surface area (Å²) < 4.78 is 19.8. The molecule has 1 saturated heterocycles. The molecule has 0 radical (unpaired) electrons. The van der Waals surface area contributed by atoms with Crippen LogP contribution in [0.5, 0.6) is 0 Å². The maximum Gasteiger partial charge on any atom is 0.697 e. The molecule has 0 atom stereocenters. The quantitative estimate of drug-likeness (QED) is 0.499. The van der Waals surface area contributed by atoms with Crippen LogP contribution in [0.1, 0.15) is 26.2 Å². The second-order valence-electron chi connectivity index (χ2n) is 2.67. The Balaban J connectivity index is 0.000000252. The third kappa shape index (κ3) is 9.86. The highest BCUT2D eigenvalue weighted by Gasteiger charge is 2.21. The van der Waals surface area contributed by atoms with Gasteiger partial charge in [-0.2, -0.15) is 0 Å². The van der Waals surface area contributed by atoms with Crippen LogP contribution in [0, 0.1) is 0 Å². The van der Waals surface area contributed by atoms with E-state index in [0.29, 0.717) is 13.2 Å². The first-order chi connectivity index (χ1) is 6.16. The molecule has 78 valence electrons. The topological polar surface area (TPSA) is 87.6 Å². The third-order valence-corrected chi connectivity index (χ3v) is 2.19. The average Bonchev–Trinajstić information content (AvgIpc) is 2.33. The molecule has 1 heterocycles. The molecule has 0 amide bonds. The van der Waals surface area contributed by atoms with Crippen LogP contribution >= 0.6 is 8.25 Å². The van der Waals surface area contributed by atoms with Gasteiger partial charge >= 0.3 is 8.25 Å². The highest BCUT2D eigenvalue weighted by Crippen LogP contribution is 2.26. The maximum atomic E-state index is 10.4. The number of hydrogen-bond acceptors (Lipinski definition) is 5. The Kier molecular flexibility index (Phi) is 8.49. The largest absolute Gasteiger partial charge is 0.697 e. The van der Waals surface area contributed by atoms with Gasteiger partial charge in [-0.3, -0.25) is 0 Å². The Labute approximate surface area is 79.7 Å². The lowest BCUT2D eigenvalue weighted by molar-refractivity contribution is 0.263. The summed E-state index contributed by atoms with van der Waals surface area (Å²) in [5, 5.41) is 0. The summed E-state index contributed by atoms with van der Waals surface area (Å²) in [5.41, 5.74) is 10.1. The van der Waals surface area contributed by atoms with Crippen LogP contribution in [0.2, 0.25) is 0 Å². The monoisotopic (exact) mass is 209 g/mol. The lowest BCUT2D eigenvalue weighted by Gasteiger charge is -1.92. The van der Waals surface area contributed by atoms with Gasteiger partial charge in [0.05, 0.1) is 6.17 Å². The smallest absolute Gasteiger partial charge is 0.316 e. The highest BCUT2D eigenvalue weighted by molar-refractivity contribution is 7.33. The molecule has 13 heavy (non-hydrogen) atoms. The molecular formula is C7H18N2O3P+. The lowest BCUT2D eigenvalue weighted by Crippen LogP contribution is -2.28. The third-order valence-electron chi connectivity index (χ3n) is 1.40. The number of hydrogen-bond donors (Lipinski definition) is 2. The van der Waals surface area contributed by atoms with Crippen molar-refractivity contribution in [2.24, 2.45) is 11.5 Å². The second-order valence-corrected chi connectivity index (χ2v) is 3.63. The highest BCUT2D eigenvalue weighted by atomic mass is 31.1. The molecule has 0 saturated carbocycles. The fraction of sp³-hybridized carbons (Fsp3) is 1.00. The standard InChI is InChI=1S/C4H8O3P.C3H10N2/c5-8-6-3-1-2-4-7-8;1-2-3(4)5/h1-4H2;3H,2,4-5H2,1H3/q+1;. The SMILES string of the molecule is CCC(N)N.O=[P+]1OCCCCO1. The molecule has 0 aromatic carbocycles. The summed E-state index contributed by atoms with van der Waals surface area (Å²) in [6.45, 7) is 3.11. The minimum absolute atomic E-state index is 0.116. The maximum absolute atomic E-state index is 10.4. The first-order valence-corrected chi connectivity index (χ1v) is 5.50. The van der Waals surface area contributed by atoms with Gasteiger partial charge in [-0.15, -0.1) is 9.05 Å². The normalized spacial score (nSPS) is 17.7. The zero-order chi connectivity index (χ0) is 10.1. The van der Waals surface area contributed by atoms with E-state index in [4.69, 9.17) is 11.5 Å². The lowest BCUT2D eigenvalue weighted by atomic mass is 10.3. The van der Waals surface area contributed by atoms with E-state index < -0.39 is 8.25 Å². The van der Waals surface area contributed by atoms with Crippen molar-refractivity contribution < 1.29 is 13.6 Å². The van der Waals surface area contributed by atoms with Crippen molar-refractivity contribution in [1.82, 2.24) is 0 Å². The van der Waals surface area contributed by atoms with Gasteiger partial charge in [-0.25, -0.2) is 0 Å². The van der Waals surface area contributed by atoms with Gasteiger partial charge in [0.1, 0.15) is 13.2 Å². The molecule has 1 rings (SSSR count). The summed E-state index contributed by atoms with van der Waals surface area (Å²) in [6, 6.07) is 0. The van der Waals surface area contributed by atoms with E-state index in [0.717, 1.165) is 19.3 Å². The molecule has 0 spiro atoms. The molecule has 0 bridgehead atoms. The van der Waals surface area contributed by atoms with E-state index in [1.807, 2.05) is 6.92 Å². The van der Waals surface area contributed by atoms with E-state index in [1.54, 1.807) is 0 Å². The van der Waals surface area contributed by atoms with Crippen molar-refractivity contribution in [3.63, 3.8) is 0 Å². The van der Waals surface area contributed by atoms with E-state index in [2.05, 4.69) is 9.05 Å². The predicted octanol–water partition coefficient (Wildman–Crippen LogP) is 1.11. The zero-order valence-corrected chi connectivity index (χ0v) is 8.83. The predicted molar refractivity (Wildman–Crippen MR) is 51.2 cm³/mol. The van der Waals surface area contributed by atoms with Crippen LogP contribution in [0.15, 0.2) is 0 Å². The van der Waals surface area contributed by atoms with Crippen LogP contribution in [0.25, 0.3) is 0 Å². The van der Waals surface area contributed by atoms with E-state index in [9.17, 15) is 4.57 Å². The van der Waals surface area contributed by atoms with Crippen LogP contribution in [0.3, 0.4) is 0 Å². The molecule has 1 aliphatic heterocycles. The van der Waals surface area contributed by atoms with Crippen molar-refractivity contribution in [1.29, 1.82) is 0 Å². The average molecular weight is 209 g/mol. The Bertz CT molecular complexity index is 134. The Hall–Kier alpha value is -0.0600. The van der Waals surface area contributed by atoms with Gasteiger partial charge in [-0.1, -0.05) is 6.92 Å². The minimum atomic E-state index is -1.77. The van der Waals surface area contributed by atoms with Crippen molar-refractivity contribution in [2.75, 3.05) is 13.2 Å². The molecule has 0 unspecified atom stereocenters. The van der Waals surface area contributed by atoms with Gasteiger partial charge in [0.2, 0.25) is 0 Å². The van der Waals surface area contributed by atoms with Crippen LogP contribution in [0.4, 0.5) is 0 Å². The van der Waals surface area contributed by atoms with Crippen molar-refractivity contribution >= 4 is 8.25 Å². The van der Waals surface area contributed by atoms with Gasteiger partial charge in [0, 0.05) is 4.57 Å². The summed E-state index contributed by atoms with van der Waals surface area (Å²) >= 11 is 0. The Morgan fingerprint density at radius 2 is 1.69 bits per heavy atom. The summed E-state index contributed by atoms with van der Waals surface area (Å²) in [5.74, 6) is 0. The molecular weight excluding hydrogens is 191 g/mol. The van der Waals surface area contributed by atoms with Crippen molar-refractivity contribution in [3.8, 4) is 0 Å². The van der Waals surface area contributed by atoms with E-state index in [1.165, 1.54) is 0 Å². The fourth-order valence-corrected chi connectivity index (χ4v) is 1.15. The van der Waals surface area contributed by atoms with Gasteiger partial charge in [0.25, 0.3) is 0 Å². The Morgan fingerprint density at radius 3 is 2.00 bits per heavy atom. The molecule has 1 aliphatic rings. The van der Waals surface area contributed by atoms with Gasteiger partial charge < -0.3 is 11.5 Å².